The molecule has 2 aliphatic rings. The van der Waals surface area contributed by atoms with E-state index in [0.717, 1.165) is 17.7 Å². The van der Waals surface area contributed by atoms with E-state index in [4.69, 9.17) is 4.74 Å². The number of esters is 1. The molecular weight excluding hydrogens is 366 g/mol. The lowest BCUT2D eigenvalue weighted by Crippen LogP contribution is -2.46. The Labute approximate surface area is 161 Å². The minimum absolute atomic E-state index is 0.0881. The van der Waals surface area contributed by atoms with Gasteiger partial charge in [0.15, 0.2) is 12.4 Å². The summed E-state index contributed by atoms with van der Waals surface area (Å²) in [5.74, 6) is -1.89. The average molecular weight is 387 g/mol. The monoisotopic (exact) mass is 387 g/mol. The molecule has 9 nitrogen and oxygen atoms in total. The molecule has 4 amide bonds. The van der Waals surface area contributed by atoms with Crippen molar-refractivity contribution in [2.45, 2.75) is 32.2 Å². The van der Waals surface area contributed by atoms with Crippen LogP contribution in [0.15, 0.2) is 24.3 Å². The summed E-state index contributed by atoms with van der Waals surface area (Å²) in [7, 11) is 0. The van der Waals surface area contributed by atoms with E-state index in [0.29, 0.717) is 11.3 Å². The Morgan fingerprint density at radius 1 is 1.21 bits per heavy atom. The first-order valence-corrected chi connectivity index (χ1v) is 8.91. The van der Waals surface area contributed by atoms with Crippen LogP contribution in [0.1, 0.15) is 37.0 Å². The number of Topliss-reactive ketones (excluding diaryl/α,β-unsaturated/α-hetero) is 1. The second-order valence-corrected chi connectivity index (χ2v) is 7.14. The second kappa shape index (κ2) is 7.41. The summed E-state index contributed by atoms with van der Waals surface area (Å²) < 4.78 is 4.86. The van der Waals surface area contributed by atoms with Crippen molar-refractivity contribution in [1.82, 2.24) is 10.2 Å². The number of benzene rings is 1. The fourth-order valence-corrected chi connectivity index (χ4v) is 3.10. The standard InChI is InChI=1S/C19H21N3O6/c1-11(23)12-3-7-14(8-4-12)20-15(24)10-28-16(25)9-22-17(26)19(2,13-5-6-13)21-18(22)27/h3-4,7-8,13H,5-6,9-10H2,1-2H3,(H,20,24)(H,21,27)/t19-/m0/s1. The SMILES string of the molecule is CC(=O)c1ccc(NC(=O)COC(=O)CN2C(=O)N[C@@](C)(C3CC3)C2=O)cc1. The number of anilines is 1. The summed E-state index contributed by atoms with van der Waals surface area (Å²) in [6.07, 6.45) is 1.71. The quantitative estimate of drug-likeness (QED) is 0.410. The predicted molar refractivity (Wildman–Crippen MR) is 97.4 cm³/mol. The van der Waals surface area contributed by atoms with Gasteiger partial charge in [-0.2, -0.15) is 0 Å². The third-order valence-electron chi connectivity index (χ3n) is 4.92. The number of nitrogens with one attached hydrogen (secondary N) is 2. The summed E-state index contributed by atoms with van der Waals surface area (Å²) in [4.78, 5) is 60.3. The minimum atomic E-state index is -0.971. The third-order valence-corrected chi connectivity index (χ3v) is 4.92. The number of nitrogens with zero attached hydrogens (tertiary/aromatic N) is 1. The molecule has 0 unspecified atom stereocenters. The fraction of sp³-hybridized carbons (Fsp3) is 0.421. The number of amides is 4. The predicted octanol–water partition coefficient (Wildman–Crippen LogP) is 1.09. The molecule has 1 aliphatic carbocycles. The normalized spacial score (nSPS) is 21.3. The zero-order valence-electron chi connectivity index (χ0n) is 15.6. The van der Waals surface area contributed by atoms with Crippen molar-refractivity contribution < 1.29 is 28.7 Å². The van der Waals surface area contributed by atoms with E-state index in [-0.39, 0.29) is 11.7 Å². The highest BCUT2D eigenvalue weighted by Gasteiger charge is 2.56. The number of ketones is 1. The van der Waals surface area contributed by atoms with Gasteiger partial charge in [0.2, 0.25) is 0 Å². The van der Waals surface area contributed by atoms with E-state index in [1.54, 1.807) is 31.2 Å². The Morgan fingerprint density at radius 3 is 2.43 bits per heavy atom. The minimum Gasteiger partial charge on any atom is -0.454 e. The van der Waals surface area contributed by atoms with E-state index in [2.05, 4.69) is 10.6 Å². The van der Waals surface area contributed by atoms with E-state index < -0.39 is 42.5 Å². The van der Waals surface area contributed by atoms with Crippen LogP contribution < -0.4 is 10.6 Å². The number of urea groups is 1. The van der Waals surface area contributed by atoms with Gasteiger partial charge in [-0.15, -0.1) is 0 Å². The van der Waals surface area contributed by atoms with Gasteiger partial charge >= 0.3 is 12.0 Å². The topological polar surface area (TPSA) is 122 Å². The number of hydrogen-bond acceptors (Lipinski definition) is 6. The maximum absolute atomic E-state index is 12.4. The molecule has 3 rings (SSSR count). The molecule has 1 saturated heterocycles. The molecule has 0 aromatic heterocycles. The summed E-state index contributed by atoms with van der Waals surface area (Å²) >= 11 is 0. The van der Waals surface area contributed by atoms with Gasteiger partial charge in [0, 0.05) is 11.3 Å². The molecule has 28 heavy (non-hydrogen) atoms. The molecule has 9 heteroatoms. The molecular formula is C19H21N3O6. The van der Waals surface area contributed by atoms with Crippen LogP contribution in [-0.4, -0.2) is 53.2 Å². The molecule has 1 saturated carbocycles. The molecule has 148 valence electrons. The molecule has 1 aliphatic heterocycles. The maximum atomic E-state index is 12.4. The number of carbonyl (C=O) groups excluding carboxylic acids is 5. The van der Waals surface area contributed by atoms with Gasteiger partial charge in [0.1, 0.15) is 12.1 Å². The van der Waals surface area contributed by atoms with Crippen molar-refractivity contribution in [3.8, 4) is 0 Å². The van der Waals surface area contributed by atoms with Crippen molar-refractivity contribution in [3.63, 3.8) is 0 Å². The third kappa shape index (κ3) is 4.03. The molecule has 1 aromatic rings. The lowest BCUT2D eigenvalue weighted by atomic mass is 9.96. The Bertz CT molecular complexity index is 846. The van der Waals surface area contributed by atoms with Crippen LogP contribution in [0, 0.1) is 5.92 Å². The first kappa shape index (κ1) is 19.5. The van der Waals surface area contributed by atoms with E-state index in [1.807, 2.05) is 0 Å². The van der Waals surface area contributed by atoms with Crippen LogP contribution in [0.25, 0.3) is 0 Å². The Balaban J connectivity index is 1.47. The Kier molecular flexibility index (Phi) is 5.17. The van der Waals surface area contributed by atoms with Gasteiger partial charge in [0.25, 0.3) is 11.8 Å². The van der Waals surface area contributed by atoms with Crippen LogP contribution in [0.4, 0.5) is 10.5 Å². The molecule has 2 N–H and O–H groups in total. The lowest BCUT2D eigenvalue weighted by molar-refractivity contribution is -0.150. The molecule has 0 spiro atoms. The summed E-state index contributed by atoms with van der Waals surface area (Å²) in [6, 6.07) is 5.62. The molecule has 2 fully saturated rings. The molecule has 0 radical (unpaired) electrons. The van der Waals surface area contributed by atoms with Gasteiger partial charge in [-0.3, -0.25) is 24.1 Å². The lowest BCUT2D eigenvalue weighted by Gasteiger charge is -2.20. The van der Waals surface area contributed by atoms with Crippen molar-refractivity contribution in [2.75, 3.05) is 18.5 Å². The molecule has 1 aromatic carbocycles. The number of rotatable bonds is 7. The zero-order valence-corrected chi connectivity index (χ0v) is 15.6. The first-order chi connectivity index (χ1) is 13.2. The van der Waals surface area contributed by atoms with Crippen molar-refractivity contribution in [1.29, 1.82) is 0 Å². The van der Waals surface area contributed by atoms with Crippen LogP contribution in [0.5, 0.6) is 0 Å². The Hall–Kier alpha value is -3.23. The largest absolute Gasteiger partial charge is 0.454 e. The maximum Gasteiger partial charge on any atom is 0.326 e. The first-order valence-electron chi connectivity index (χ1n) is 8.91. The van der Waals surface area contributed by atoms with Crippen LogP contribution in [0.2, 0.25) is 0 Å². The van der Waals surface area contributed by atoms with Crippen LogP contribution >= 0.6 is 0 Å². The highest BCUT2D eigenvalue weighted by atomic mass is 16.5. The second-order valence-electron chi connectivity index (χ2n) is 7.14. The Morgan fingerprint density at radius 2 is 1.86 bits per heavy atom. The van der Waals surface area contributed by atoms with Crippen molar-refractivity contribution >= 4 is 35.3 Å². The smallest absolute Gasteiger partial charge is 0.326 e. The average Bonchev–Trinajstić information content (AvgIpc) is 3.47. The zero-order chi connectivity index (χ0) is 20.5. The van der Waals surface area contributed by atoms with Crippen LogP contribution in [0.3, 0.4) is 0 Å². The van der Waals surface area contributed by atoms with E-state index >= 15 is 0 Å². The molecule has 1 atom stereocenters. The van der Waals surface area contributed by atoms with E-state index in [9.17, 15) is 24.0 Å². The van der Waals surface area contributed by atoms with Crippen molar-refractivity contribution in [2.24, 2.45) is 5.92 Å². The highest BCUT2D eigenvalue weighted by molar-refractivity contribution is 6.09. The summed E-state index contributed by atoms with van der Waals surface area (Å²) in [6.45, 7) is 1.98. The summed E-state index contributed by atoms with van der Waals surface area (Å²) in [5, 5.41) is 5.16. The van der Waals surface area contributed by atoms with Crippen molar-refractivity contribution in [3.05, 3.63) is 29.8 Å². The molecule has 0 bridgehead atoms. The van der Waals surface area contributed by atoms with Gasteiger partial charge in [-0.05, 0) is 56.9 Å². The number of hydrogen-bond donors (Lipinski definition) is 2. The fourth-order valence-electron chi connectivity index (χ4n) is 3.10. The number of ether oxygens (including phenoxy) is 1. The number of carbonyl (C=O) groups is 5. The van der Waals surface area contributed by atoms with Gasteiger partial charge in [-0.25, -0.2) is 4.79 Å². The van der Waals surface area contributed by atoms with E-state index in [1.165, 1.54) is 6.92 Å². The van der Waals surface area contributed by atoms with Gasteiger partial charge in [0.05, 0.1) is 0 Å². The number of imide groups is 1. The molecule has 1 heterocycles. The van der Waals surface area contributed by atoms with Crippen LogP contribution in [-0.2, 0) is 19.1 Å². The van der Waals surface area contributed by atoms with Gasteiger partial charge < -0.3 is 15.4 Å². The summed E-state index contributed by atoms with van der Waals surface area (Å²) in [5.41, 5.74) is -0.0163. The highest BCUT2D eigenvalue weighted by Crippen LogP contribution is 2.42. The van der Waals surface area contributed by atoms with Gasteiger partial charge in [-0.1, -0.05) is 0 Å².